The molecular formula is C23H37N5OS+2. The van der Waals surface area contributed by atoms with Crippen LogP contribution in [0, 0.1) is 5.92 Å². The smallest absolute Gasteiger partial charge is 0.187 e. The topological polar surface area (TPSA) is 55.9 Å². The zero-order chi connectivity index (χ0) is 20.5. The van der Waals surface area contributed by atoms with E-state index in [0.717, 1.165) is 50.4 Å². The minimum absolute atomic E-state index is 0.542. The highest BCUT2D eigenvalue weighted by molar-refractivity contribution is 7.19. The van der Waals surface area contributed by atoms with Crippen molar-refractivity contribution in [3.63, 3.8) is 0 Å². The highest BCUT2D eigenvalue weighted by Crippen LogP contribution is 2.40. The molecule has 0 saturated carbocycles. The lowest BCUT2D eigenvalue weighted by Crippen LogP contribution is -3.13. The lowest BCUT2D eigenvalue weighted by Gasteiger charge is -2.29. The fourth-order valence-electron chi connectivity index (χ4n) is 5.35. The van der Waals surface area contributed by atoms with Crippen LogP contribution in [0.25, 0.3) is 10.2 Å². The first-order valence-electron chi connectivity index (χ1n) is 12.0. The Morgan fingerprint density at radius 1 is 1.07 bits per heavy atom. The lowest BCUT2D eigenvalue weighted by atomic mass is 9.89. The number of ether oxygens (including phenoxy) is 1. The Bertz CT molecular complexity index is 870. The number of hydrogen-bond donors (Lipinski definition) is 3. The number of hydrogen-bond acceptors (Lipinski definition) is 5. The molecule has 2 aliphatic heterocycles. The molecule has 2 fully saturated rings. The van der Waals surface area contributed by atoms with Gasteiger partial charge in [-0.3, -0.25) is 0 Å². The molecule has 1 atom stereocenters. The van der Waals surface area contributed by atoms with E-state index in [0.29, 0.717) is 6.04 Å². The minimum atomic E-state index is 0.542. The predicted octanol–water partition coefficient (Wildman–Crippen LogP) is 0.710. The first-order valence-corrected chi connectivity index (χ1v) is 12.8. The van der Waals surface area contributed by atoms with E-state index in [1.807, 2.05) is 11.3 Å². The van der Waals surface area contributed by atoms with Crippen LogP contribution in [0.3, 0.4) is 0 Å². The third-order valence-electron chi connectivity index (χ3n) is 7.34. The summed E-state index contributed by atoms with van der Waals surface area (Å²) in [5.74, 6) is 2.92. The molecule has 0 unspecified atom stereocenters. The standard InChI is InChI=1S/C23H35N5OS/c1-3-27-8-6-17(7-9-27)24-22-21-18-5-4-16(2)14-19(18)30-23(21)26-20(25-22)15-28-10-12-29-13-11-28/h16-17H,3-15H2,1-2H3,(H,24,25,26)/p+2/t16-/m0/s1. The molecule has 2 aromatic rings. The van der Waals surface area contributed by atoms with Crippen molar-refractivity contribution in [2.75, 3.05) is 51.3 Å². The number of fused-ring (bicyclic) bond motifs is 3. The zero-order valence-corrected chi connectivity index (χ0v) is 19.4. The number of aryl methyl sites for hydroxylation is 1. The number of quaternary nitrogens is 2. The van der Waals surface area contributed by atoms with Crippen LogP contribution in [0.5, 0.6) is 0 Å². The first kappa shape index (κ1) is 20.6. The van der Waals surface area contributed by atoms with E-state index < -0.39 is 0 Å². The molecule has 3 aliphatic rings. The van der Waals surface area contributed by atoms with Crippen molar-refractivity contribution in [3.8, 4) is 0 Å². The molecule has 0 radical (unpaired) electrons. The van der Waals surface area contributed by atoms with Crippen LogP contribution in [0.1, 0.15) is 49.4 Å². The van der Waals surface area contributed by atoms with Crippen molar-refractivity contribution >= 4 is 27.4 Å². The van der Waals surface area contributed by atoms with Crippen molar-refractivity contribution < 1.29 is 14.5 Å². The van der Waals surface area contributed by atoms with Gasteiger partial charge in [0.15, 0.2) is 5.82 Å². The van der Waals surface area contributed by atoms with Crippen LogP contribution in [0.4, 0.5) is 5.82 Å². The molecule has 3 N–H and O–H groups in total. The molecule has 0 amide bonds. The number of morpholine rings is 1. The number of anilines is 1. The molecular weight excluding hydrogens is 394 g/mol. The summed E-state index contributed by atoms with van der Waals surface area (Å²) in [6.45, 7) is 13.2. The van der Waals surface area contributed by atoms with Gasteiger partial charge in [0, 0.05) is 23.8 Å². The normalized spacial score (nSPS) is 27.9. The highest BCUT2D eigenvalue weighted by atomic mass is 32.1. The molecule has 30 heavy (non-hydrogen) atoms. The van der Waals surface area contributed by atoms with Gasteiger partial charge in [-0.1, -0.05) is 6.92 Å². The van der Waals surface area contributed by atoms with Gasteiger partial charge < -0.3 is 19.9 Å². The summed E-state index contributed by atoms with van der Waals surface area (Å²) in [4.78, 5) is 16.3. The highest BCUT2D eigenvalue weighted by Gasteiger charge is 2.27. The molecule has 2 saturated heterocycles. The van der Waals surface area contributed by atoms with E-state index in [1.54, 1.807) is 14.7 Å². The number of thiophene rings is 1. The maximum Gasteiger partial charge on any atom is 0.187 e. The molecule has 5 rings (SSSR count). The van der Waals surface area contributed by atoms with E-state index in [2.05, 4.69) is 19.2 Å². The van der Waals surface area contributed by atoms with E-state index in [9.17, 15) is 0 Å². The van der Waals surface area contributed by atoms with Gasteiger partial charge in [-0.2, -0.15) is 0 Å². The van der Waals surface area contributed by atoms with Crippen LogP contribution in [-0.2, 0) is 24.1 Å². The summed E-state index contributed by atoms with van der Waals surface area (Å²) in [6.07, 6.45) is 6.15. The second-order valence-electron chi connectivity index (χ2n) is 9.58. The zero-order valence-electron chi connectivity index (χ0n) is 18.6. The van der Waals surface area contributed by atoms with Crippen LogP contribution >= 0.6 is 11.3 Å². The molecule has 4 heterocycles. The summed E-state index contributed by atoms with van der Waals surface area (Å²) in [5, 5.41) is 5.24. The molecule has 6 nitrogen and oxygen atoms in total. The van der Waals surface area contributed by atoms with E-state index in [-0.39, 0.29) is 0 Å². The van der Waals surface area contributed by atoms with Crippen molar-refractivity contribution in [3.05, 3.63) is 16.3 Å². The average Bonchev–Trinajstić information content (AvgIpc) is 3.12. The monoisotopic (exact) mass is 431 g/mol. The quantitative estimate of drug-likeness (QED) is 0.653. The Labute approximate surface area is 184 Å². The van der Waals surface area contributed by atoms with Crippen LogP contribution in [-0.4, -0.2) is 61.9 Å². The van der Waals surface area contributed by atoms with E-state index in [4.69, 9.17) is 14.7 Å². The van der Waals surface area contributed by atoms with Crippen LogP contribution in [0.2, 0.25) is 0 Å². The average molecular weight is 432 g/mol. The van der Waals surface area contributed by atoms with Crippen LogP contribution in [0.15, 0.2) is 0 Å². The van der Waals surface area contributed by atoms with Gasteiger partial charge in [0.05, 0.1) is 38.2 Å². The minimum Gasteiger partial charge on any atom is -0.370 e. The Balaban J connectivity index is 1.45. The Morgan fingerprint density at radius 3 is 2.63 bits per heavy atom. The van der Waals surface area contributed by atoms with Crippen molar-refractivity contribution in [1.29, 1.82) is 0 Å². The van der Waals surface area contributed by atoms with Gasteiger partial charge in [0.1, 0.15) is 30.3 Å². The van der Waals surface area contributed by atoms with Gasteiger partial charge in [-0.15, -0.1) is 11.3 Å². The number of likely N-dealkylation sites (tertiary alicyclic amines) is 1. The molecule has 0 aromatic carbocycles. The Morgan fingerprint density at radius 2 is 1.87 bits per heavy atom. The number of nitrogens with one attached hydrogen (secondary N) is 3. The number of rotatable bonds is 5. The Hall–Kier alpha value is -1.28. The summed E-state index contributed by atoms with van der Waals surface area (Å²) in [7, 11) is 0. The maximum atomic E-state index is 5.54. The molecule has 0 bridgehead atoms. The third-order valence-corrected chi connectivity index (χ3v) is 8.49. The fourth-order valence-corrected chi connectivity index (χ4v) is 6.75. The summed E-state index contributed by atoms with van der Waals surface area (Å²) >= 11 is 1.93. The van der Waals surface area contributed by atoms with Gasteiger partial charge >= 0.3 is 0 Å². The van der Waals surface area contributed by atoms with Gasteiger partial charge in [0.2, 0.25) is 0 Å². The van der Waals surface area contributed by atoms with E-state index >= 15 is 0 Å². The van der Waals surface area contributed by atoms with Gasteiger partial charge in [-0.25, -0.2) is 9.97 Å². The van der Waals surface area contributed by atoms with Crippen molar-refractivity contribution in [2.24, 2.45) is 5.92 Å². The molecule has 1 aliphatic carbocycles. The predicted molar refractivity (Wildman–Crippen MR) is 122 cm³/mol. The summed E-state index contributed by atoms with van der Waals surface area (Å²) in [6, 6.07) is 0.542. The first-order chi connectivity index (χ1) is 14.7. The van der Waals surface area contributed by atoms with Crippen molar-refractivity contribution in [1.82, 2.24) is 9.97 Å². The second-order valence-corrected chi connectivity index (χ2v) is 10.7. The van der Waals surface area contributed by atoms with Crippen molar-refractivity contribution in [2.45, 2.75) is 58.5 Å². The lowest BCUT2D eigenvalue weighted by molar-refractivity contribution is -0.922. The number of piperidine rings is 1. The summed E-state index contributed by atoms with van der Waals surface area (Å²) < 4.78 is 5.54. The fraction of sp³-hybridized carbons (Fsp3) is 0.739. The summed E-state index contributed by atoms with van der Waals surface area (Å²) in [5.41, 5.74) is 1.54. The molecule has 7 heteroatoms. The molecule has 164 valence electrons. The second kappa shape index (κ2) is 9.07. The Kier molecular flexibility index (Phi) is 6.23. The van der Waals surface area contributed by atoms with Crippen LogP contribution < -0.4 is 15.1 Å². The largest absolute Gasteiger partial charge is 0.370 e. The number of nitrogens with zero attached hydrogens (tertiary/aromatic N) is 2. The maximum absolute atomic E-state index is 5.54. The van der Waals surface area contributed by atoms with Gasteiger partial charge in [-0.05, 0) is 37.7 Å². The number of aromatic nitrogens is 2. The SMILES string of the molecule is CC[NH+]1CCC(Nc2nc(C[NH+]3CCOCC3)nc3sc4c(c23)CC[C@H](C)C4)CC1. The third kappa shape index (κ3) is 4.35. The van der Waals surface area contributed by atoms with Gasteiger partial charge in [0.25, 0.3) is 0 Å². The molecule has 0 spiro atoms. The molecule has 2 aromatic heterocycles. The van der Waals surface area contributed by atoms with E-state index in [1.165, 1.54) is 67.5 Å².